The van der Waals surface area contributed by atoms with Crippen molar-refractivity contribution < 1.29 is 22.9 Å². The van der Waals surface area contributed by atoms with Gasteiger partial charge in [-0.15, -0.1) is 4.72 Å². The summed E-state index contributed by atoms with van der Waals surface area (Å²) in [4.78, 5) is 13.4. The minimum absolute atomic E-state index is 0.289. The lowest BCUT2D eigenvalue weighted by Gasteiger charge is -2.27. The molecule has 0 radical (unpaired) electrons. The summed E-state index contributed by atoms with van der Waals surface area (Å²) in [6.45, 7) is 8.86. The van der Waals surface area contributed by atoms with E-state index in [2.05, 4.69) is 31.8 Å². The topological polar surface area (TPSA) is 119 Å². The number of benzene rings is 1. The second-order valence-electron chi connectivity index (χ2n) is 10.9. The molecule has 1 aromatic carbocycles. The number of aromatic nitrogens is 3. The van der Waals surface area contributed by atoms with Crippen molar-refractivity contribution in [1.82, 2.24) is 19.7 Å². The number of unbranched alkanes of at least 4 members (excludes halogenated alkanes) is 2. The number of rotatable bonds is 11. The average molecular weight is 553 g/mol. The first-order valence-corrected chi connectivity index (χ1v) is 14.6. The molecule has 4 aromatic rings. The van der Waals surface area contributed by atoms with Crippen LogP contribution in [-0.2, 0) is 26.6 Å². The minimum atomic E-state index is -1.28. The first kappa shape index (κ1) is 27.8. The molecule has 2 atom stereocenters. The van der Waals surface area contributed by atoms with Crippen LogP contribution in [-0.4, -0.2) is 37.5 Å². The van der Waals surface area contributed by atoms with Crippen LogP contribution in [0.25, 0.3) is 22.2 Å². The summed E-state index contributed by atoms with van der Waals surface area (Å²) in [6, 6.07) is 9.81. The van der Waals surface area contributed by atoms with E-state index in [1.165, 1.54) is 6.26 Å². The number of nitrogens with one attached hydrogen (secondary N) is 1. The van der Waals surface area contributed by atoms with Crippen molar-refractivity contribution in [2.24, 2.45) is 0 Å². The predicted molar refractivity (Wildman–Crippen MR) is 149 cm³/mol. The normalized spacial score (nSPS) is 17.1. The molecule has 1 aliphatic heterocycles. The van der Waals surface area contributed by atoms with Crippen LogP contribution in [0.5, 0.6) is 0 Å². The highest BCUT2D eigenvalue weighted by atomic mass is 32.2. The van der Waals surface area contributed by atoms with Crippen LogP contribution in [0, 0.1) is 6.92 Å². The summed E-state index contributed by atoms with van der Waals surface area (Å²) in [7, 11) is 0. The van der Waals surface area contributed by atoms with E-state index in [4.69, 9.17) is 18.3 Å². The molecule has 208 valence electrons. The smallest absolute Gasteiger partial charge is 0.255 e. The Hall–Kier alpha value is -2.76. The van der Waals surface area contributed by atoms with Crippen molar-refractivity contribution in [1.29, 1.82) is 0 Å². The molecule has 10 heteroatoms. The van der Waals surface area contributed by atoms with Gasteiger partial charge in [0.15, 0.2) is 5.76 Å². The molecule has 4 heterocycles. The number of ether oxygens (including phenoxy) is 2. The summed E-state index contributed by atoms with van der Waals surface area (Å²) in [5.41, 5.74) is 2.85. The van der Waals surface area contributed by atoms with Crippen LogP contribution in [0.1, 0.15) is 76.4 Å². The van der Waals surface area contributed by atoms with Gasteiger partial charge in [0.05, 0.1) is 31.1 Å². The Labute approximate surface area is 232 Å². The highest BCUT2D eigenvalue weighted by molar-refractivity contribution is 7.90. The van der Waals surface area contributed by atoms with Gasteiger partial charge in [0.25, 0.3) is 5.89 Å². The molecule has 0 bridgehead atoms. The van der Waals surface area contributed by atoms with E-state index >= 15 is 0 Å². The maximum Gasteiger partial charge on any atom is 0.255 e. The fraction of sp³-hybridized carbons (Fsp3) is 0.483. The van der Waals surface area contributed by atoms with Crippen molar-refractivity contribution in [3.63, 3.8) is 0 Å². The Morgan fingerprint density at radius 3 is 2.64 bits per heavy atom. The average Bonchev–Trinajstić information content (AvgIpc) is 3.69. The lowest BCUT2D eigenvalue weighted by Crippen LogP contribution is -2.41. The van der Waals surface area contributed by atoms with Crippen LogP contribution in [0.15, 0.2) is 57.8 Å². The van der Waals surface area contributed by atoms with E-state index in [0.29, 0.717) is 37.2 Å². The zero-order chi connectivity index (χ0) is 27.5. The van der Waals surface area contributed by atoms with Crippen molar-refractivity contribution in [3.8, 4) is 11.3 Å². The van der Waals surface area contributed by atoms with Gasteiger partial charge in [-0.1, -0.05) is 18.9 Å². The molecule has 1 fully saturated rings. The fourth-order valence-electron chi connectivity index (χ4n) is 4.63. The van der Waals surface area contributed by atoms with E-state index in [1.54, 1.807) is 12.4 Å². The van der Waals surface area contributed by atoms with Crippen LogP contribution in [0.2, 0.25) is 0 Å². The molecule has 0 saturated carbocycles. The molecule has 39 heavy (non-hydrogen) atoms. The molecule has 0 spiro atoms. The Balaban J connectivity index is 1.25. The largest absolute Gasteiger partial charge is 0.598 e. The number of hydrogen-bond acceptors (Lipinski definition) is 9. The highest BCUT2D eigenvalue weighted by Gasteiger charge is 2.42. The Kier molecular flexibility index (Phi) is 8.39. The van der Waals surface area contributed by atoms with Crippen molar-refractivity contribution in [2.45, 2.75) is 76.4 Å². The number of fused-ring (bicyclic) bond motifs is 1. The second-order valence-corrected chi connectivity index (χ2v) is 12.9. The third-order valence-electron chi connectivity index (χ3n) is 6.75. The van der Waals surface area contributed by atoms with Crippen molar-refractivity contribution in [3.05, 3.63) is 66.5 Å². The zero-order valence-corrected chi connectivity index (χ0v) is 23.8. The molecule has 2 unspecified atom stereocenters. The maximum absolute atomic E-state index is 13.0. The quantitative estimate of drug-likeness (QED) is 0.173. The van der Waals surface area contributed by atoms with E-state index in [1.807, 2.05) is 45.9 Å². The molecule has 0 amide bonds. The molecule has 1 aliphatic rings. The van der Waals surface area contributed by atoms with Crippen LogP contribution >= 0.6 is 0 Å². The number of oxazole rings is 2. The molecule has 5 rings (SSSR count). The number of pyridine rings is 1. The van der Waals surface area contributed by atoms with Crippen molar-refractivity contribution in [2.75, 3.05) is 13.2 Å². The van der Waals surface area contributed by atoms with Gasteiger partial charge >= 0.3 is 0 Å². The number of nitrogens with zero attached hydrogens (tertiary/aromatic N) is 3. The van der Waals surface area contributed by atoms with E-state index in [9.17, 15) is 4.55 Å². The Morgan fingerprint density at radius 1 is 1.08 bits per heavy atom. The van der Waals surface area contributed by atoms with Gasteiger partial charge in [0.2, 0.25) is 11.7 Å². The molecular formula is C29H36N4O5S. The summed E-state index contributed by atoms with van der Waals surface area (Å²) < 4.78 is 39.4. The molecule has 1 saturated heterocycles. The van der Waals surface area contributed by atoms with Crippen LogP contribution in [0.3, 0.4) is 0 Å². The van der Waals surface area contributed by atoms with Gasteiger partial charge in [-0.3, -0.25) is 4.98 Å². The van der Waals surface area contributed by atoms with Crippen LogP contribution < -0.4 is 4.72 Å². The first-order chi connectivity index (χ1) is 18.7. The lowest BCUT2D eigenvalue weighted by atomic mass is 10.0. The van der Waals surface area contributed by atoms with Gasteiger partial charge in [0, 0.05) is 34.4 Å². The predicted octanol–water partition coefficient (Wildman–Crippen LogP) is 6.13. The third kappa shape index (κ3) is 6.53. The monoisotopic (exact) mass is 552 g/mol. The lowest BCUT2D eigenvalue weighted by molar-refractivity contribution is -0.187. The molecule has 3 aromatic heterocycles. The fourth-order valence-corrected chi connectivity index (χ4v) is 5.46. The summed E-state index contributed by atoms with van der Waals surface area (Å²) in [6.07, 6.45) is 8.90. The molecule has 9 nitrogen and oxygen atoms in total. The summed E-state index contributed by atoms with van der Waals surface area (Å²) in [5.74, 6) is 0.764. The maximum atomic E-state index is 13.0. The van der Waals surface area contributed by atoms with E-state index in [0.717, 1.165) is 47.8 Å². The van der Waals surface area contributed by atoms with Gasteiger partial charge in [0.1, 0.15) is 17.1 Å². The van der Waals surface area contributed by atoms with E-state index < -0.39 is 21.9 Å². The Bertz CT molecular complexity index is 1360. The number of aryl methyl sites for hydroxylation is 1. The molecule has 0 aliphatic carbocycles. The summed E-state index contributed by atoms with van der Waals surface area (Å²) >= 11 is -1.28. The van der Waals surface area contributed by atoms with Gasteiger partial charge < -0.3 is 22.9 Å². The Morgan fingerprint density at radius 2 is 1.90 bits per heavy atom. The summed E-state index contributed by atoms with van der Waals surface area (Å²) in [5, 5.41) is 1.04. The standard InChI is InChI=1S/C29H36N4O5S/c1-20-9-10-21-18-22(11-12-23(21)32-20)25-19-31-26(38-25)24(33-39(34)28(2,3)4)8-6-5-7-13-29(36-16-17-37-29)27-30-14-15-35-27/h9-12,14-15,18-19,24,33H,5-8,13,16-17H2,1-4H3. The van der Waals surface area contributed by atoms with Gasteiger partial charge in [-0.05, 0) is 64.8 Å². The first-order valence-electron chi connectivity index (χ1n) is 13.4. The number of hydrogen-bond donors (Lipinski definition) is 1. The van der Waals surface area contributed by atoms with Gasteiger partial charge in [-0.25, -0.2) is 9.97 Å². The molecular weight excluding hydrogens is 516 g/mol. The highest BCUT2D eigenvalue weighted by Crippen LogP contribution is 2.36. The molecule has 1 N–H and O–H groups in total. The third-order valence-corrected chi connectivity index (χ3v) is 8.36. The van der Waals surface area contributed by atoms with Crippen molar-refractivity contribution >= 4 is 22.3 Å². The minimum Gasteiger partial charge on any atom is -0.598 e. The van der Waals surface area contributed by atoms with Gasteiger partial charge in [-0.2, -0.15) is 0 Å². The zero-order valence-electron chi connectivity index (χ0n) is 22.9. The second kappa shape index (κ2) is 11.8. The van der Waals surface area contributed by atoms with Crippen LogP contribution in [0.4, 0.5) is 0 Å². The SMILES string of the molecule is Cc1ccc2cc(-c3cnc(C(CCCCCC4(c5ncco5)OCCO4)N[S+]([O-])C(C)(C)C)o3)ccc2n1. The van der Waals surface area contributed by atoms with E-state index in [-0.39, 0.29) is 6.04 Å².